The van der Waals surface area contributed by atoms with E-state index in [1.165, 1.54) is 0 Å². The Balaban J connectivity index is 1.94. The zero-order valence-corrected chi connectivity index (χ0v) is 14.0. The van der Waals surface area contributed by atoms with Crippen molar-refractivity contribution in [1.82, 2.24) is 10.1 Å². The highest BCUT2D eigenvalue weighted by atomic mass is 16.5. The minimum absolute atomic E-state index is 0.113. The number of aromatic nitrogens is 1. The van der Waals surface area contributed by atoms with Crippen molar-refractivity contribution >= 4 is 5.91 Å². The second kappa shape index (κ2) is 7.42. The third kappa shape index (κ3) is 4.66. The number of carbonyl (C=O) groups excluding carboxylic acids is 1. The normalized spacial score (nSPS) is 11.5. The van der Waals surface area contributed by atoms with Crippen LogP contribution in [0.3, 0.4) is 0 Å². The van der Waals surface area contributed by atoms with Gasteiger partial charge in [-0.25, -0.2) is 0 Å². The van der Waals surface area contributed by atoms with Crippen LogP contribution in [0.4, 0.5) is 0 Å². The van der Waals surface area contributed by atoms with Gasteiger partial charge in [0.05, 0.1) is 0 Å². The number of amides is 1. The summed E-state index contributed by atoms with van der Waals surface area (Å²) >= 11 is 0. The topological polar surface area (TPSA) is 66.6 Å². The number of hydrogen-bond acceptors (Lipinski definition) is 4. The molecule has 0 spiro atoms. The SMILES string of the molecule is CN(CCCC(C)(C)CO)C(=O)c1cc(-c2ccccc2)on1. The molecule has 1 amide bonds. The molecule has 5 nitrogen and oxygen atoms in total. The summed E-state index contributed by atoms with van der Waals surface area (Å²) in [4.78, 5) is 14.0. The molecule has 1 N–H and O–H groups in total. The molecule has 2 rings (SSSR count). The molecule has 0 saturated carbocycles. The van der Waals surface area contributed by atoms with Gasteiger partial charge in [0, 0.05) is 31.8 Å². The Hall–Kier alpha value is -2.14. The highest BCUT2D eigenvalue weighted by Crippen LogP contribution is 2.22. The Morgan fingerprint density at radius 1 is 1.30 bits per heavy atom. The summed E-state index contributed by atoms with van der Waals surface area (Å²) < 4.78 is 5.27. The zero-order chi connectivity index (χ0) is 16.9. The van der Waals surface area contributed by atoms with Crippen molar-refractivity contribution in [3.8, 4) is 11.3 Å². The monoisotopic (exact) mass is 316 g/mol. The van der Waals surface area contributed by atoms with Crippen molar-refractivity contribution in [2.45, 2.75) is 26.7 Å². The Morgan fingerprint density at radius 2 is 2.00 bits per heavy atom. The van der Waals surface area contributed by atoms with E-state index in [0.717, 1.165) is 18.4 Å². The quantitative estimate of drug-likeness (QED) is 0.852. The number of carbonyl (C=O) groups is 1. The van der Waals surface area contributed by atoms with E-state index in [2.05, 4.69) is 5.16 Å². The lowest BCUT2D eigenvalue weighted by Crippen LogP contribution is -2.29. The molecular formula is C18H24N2O3. The first-order valence-electron chi connectivity index (χ1n) is 7.81. The Morgan fingerprint density at radius 3 is 2.65 bits per heavy atom. The van der Waals surface area contributed by atoms with E-state index >= 15 is 0 Å². The highest BCUT2D eigenvalue weighted by molar-refractivity contribution is 5.92. The number of aliphatic hydroxyl groups is 1. The maximum absolute atomic E-state index is 12.4. The predicted octanol–water partition coefficient (Wildman–Crippen LogP) is 3.21. The van der Waals surface area contributed by atoms with Crippen LogP contribution in [-0.4, -0.2) is 41.3 Å². The van der Waals surface area contributed by atoms with Gasteiger partial charge in [0.25, 0.3) is 5.91 Å². The molecule has 0 aliphatic heterocycles. The standard InChI is InChI=1S/C18H24N2O3/c1-18(2,13-21)10-7-11-20(3)17(22)15-12-16(23-19-15)14-8-5-4-6-9-14/h4-6,8-9,12,21H,7,10-11,13H2,1-3H3. The summed E-state index contributed by atoms with van der Waals surface area (Å²) in [6.07, 6.45) is 1.69. The molecule has 0 aliphatic carbocycles. The summed E-state index contributed by atoms with van der Waals surface area (Å²) in [5, 5.41) is 13.1. The van der Waals surface area contributed by atoms with E-state index in [9.17, 15) is 9.90 Å². The molecule has 124 valence electrons. The Kier molecular flexibility index (Phi) is 5.55. The number of rotatable bonds is 7. The van der Waals surface area contributed by atoms with Gasteiger partial charge >= 0.3 is 0 Å². The van der Waals surface area contributed by atoms with Crippen LogP contribution >= 0.6 is 0 Å². The molecule has 0 radical (unpaired) electrons. The Labute approximate surface area is 136 Å². The first-order chi connectivity index (χ1) is 10.9. The van der Waals surface area contributed by atoms with Crippen LogP contribution in [0.15, 0.2) is 40.9 Å². The van der Waals surface area contributed by atoms with Gasteiger partial charge in [-0.15, -0.1) is 0 Å². The smallest absolute Gasteiger partial charge is 0.275 e. The maximum atomic E-state index is 12.4. The fourth-order valence-electron chi connectivity index (χ4n) is 2.29. The van der Waals surface area contributed by atoms with Crippen LogP contribution in [-0.2, 0) is 0 Å². The van der Waals surface area contributed by atoms with Crippen molar-refractivity contribution in [2.75, 3.05) is 20.2 Å². The third-order valence-corrected chi connectivity index (χ3v) is 3.91. The van der Waals surface area contributed by atoms with Gasteiger partial charge in [0.1, 0.15) is 0 Å². The molecule has 0 bridgehead atoms. The summed E-state index contributed by atoms with van der Waals surface area (Å²) in [6, 6.07) is 11.2. The zero-order valence-electron chi connectivity index (χ0n) is 14.0. The molecule has 1 aromatic heterocycles. The fourth-order valence-corrected chi connectivity index (χ4v) is 2.29. The van der Waals surface area contributed by atoms with Crippen LogP contribution in [0.25, 0.3) is 11.3 Å². The minimum atomic E-state index is -0.155. The molecular weight excluding hydrogens is 292 g/mol. The van der Waals surface area contributed by atoms with Crippen LogP contribution in [0.2, 0.25) is 0 Å². The number of aliphatic hydroxyl groups excluding tert-OH is 1. The van der Waals surface area contributed by atoms with Gasteiger partial charge in [-0.2, -0.15) is 0 Å². The second-order valence-electron chi connectivity index (χ2n) is 6.60. The second-order valence-corrected chi connectivity index (χ2v) is 6.60. The Bertz CT molecular complexity index is 635. The summed E-state index contributed by atoms with van der Waals surface area (Å²) in [5.74, 6) is 0.432. The van der Waals surface area contributed by atoms with Gasteiger partial charge in [-0.05, 0) is 18.3 Å². The van der Waals surface area contributed by atoms with Crippen molar-refractivity contribution in [3.63, 3.8) is 0 Å². The van der Waals surface area contributed by atoms with Gasteiger partial charge in [0.2, 0.25) is 0 Å². The van der Waals surface area contributed by atoms with E-state index in [1.807, 2.05) is 44.2 Å². The maximum Gasteiger partial charge on any atom is 0.275 e. The minimum Gasteiger partial charge on any atom is -0.396 e. The molecule has 0 atom stereocenters. The lowest BCUT2D eigenvalue weighted by atomic mass is 9.89. The van der Waals surface area contributed by atoms with Crippen LogP contribution in [0.1, 0.15) is 37.2 Å². The van der Waals surface area contributed by atoms with Crippen LogP contribution < -0.4 is 0 Å². The van der Waals surface area contributed by atoms with E-state index < -0.39 is 0 Å². The molecule has 0 fully saturated rings. The lowest BCUT2D eigenvalue weighted by Gasteiger charge is -2.23. The van der Waals surface area contributed by atoms with E-state index in [4.69, 9.17) is 4.52 Å². The summed E-state index contributed by atoms with van der Waals surface area (Å²) in [6.45, 7) is 4.79. The molecule has 1 aromatic carbocycles. The van der Waals surface area contributed by atoms with Crippen molar-refractivity contribution in [2.24, 2.45) is 5.41 Å². The molecule has 2 aromatic rings. The predicted molar refractivity (Wildman–Crippen MR) is 89.0 cm³/mol. The number of nitrogens with zero attached hydrogens (tertiary/aromatic N) is 2. The largest absolute Gasteiger partial charge is 0.396 e. The van der Waals surface area contributed by atoms with Crippen LogP contribution in [0, 0.1) is 5.41 Å². The molecule has 0 unspecified atom stereocenters. The van der Waals surface area contributed by atoms with Gasteiger partial charge in [-0.1, -0.05) is 49.3 Å². The van der Waals surface area contributed by atoms with Crippen molar-refractivity contribution in [1.29, 1.82) is 0 Å². The molecule has 0 aliphatic rings. The average Bonchev–Trinajstić information content (AvgIpc) is 3.04. The van der Waals surface area contributed by atoms with Crippen molar-refractivity contribution < 1.29 is 14.4 Å². The summed E-state index contributed by atoms with van der Waals surface area (Å²) in [5.41, 5.74) is 1.09. The number of benzene rings is 1. The van der Waals surface area contributed by atoms with Gasteiger partial charge in [0.15, 0.2) is 11.5 Å². The van der Waals surface area contributed by atoms with E-state index in [0.29, 0.717) is 18.0 Å². The van der Waals surface area contributed by atoms with E-state index in [1.54, 1.807) is 18.0 Å². The average molecular weight is 316 g/mol. The third-order valence-electron chi connectivity index (χ3n) is 3.91. The molecule has 0 saturated heterocycles. The molecule has 5 heteroatoms. The fraction of sp³-hybridized carbons (Fsp3) is 0.444. The van der Waals surface area contributed by atoms with Crippen molar-refractivity contribution in [3.05, 3.63) is 42.1 Å². The summed E-state index contributed by atoms with van der Waals surface area (Å²) in [7, 11) is 1.76. The van der Waals surface area contributed by atoms with E-state index in [-0.39, 0.29) is 17.9 Å². The van der Waals surface area contributed by atoms with Crippen LogP contribution in [0.5, 0.6) is 0 Å². The molecule has 1 heterocycles. The number of hydrogen-bond donors (Lipinski definition) is 1. The first-order valence-corrected chi connectivity index (χ1v) is 7.81. The first kappa shape index (κ1) is 17.2. The van der Waals surface area contributed by atoms with Gasteiger partial charge < -0.3 is 14.5 Å². The lowest BCUT2D eigenvalue weighted by molar-refractivity contribution is 0.0770. The van der Waals surface area contributed by atoms with Gasteiger partial charge in [-0.3, -0.25) is 4.79 Å². The highest BCUT2D eigenvalue weighted by Gasteiger charge is 2.20. The molecule has 23 heavy (non-hydrogen) atoms.